The number of nitrogens with two attached hydrogens (primary N) is 1. The van der Waals surface area contributed by atoms with Crippen molar-refractivity contribution in [1.82, 2.24) is 9.88 Å². The molecule has 25 heavy (non-hydrogen) atoms. The van der Waals surface area contributed by atoms with Gasteiger partial charge in [0, 0.05) is 31.3 Å². The molecule has 1 aromatic carbocycles. The van der Waals surface area contributed by atoms with Gasteiger partial charge in [0.05, 0.1) is 19.4 Å². The minimum Gasteiger partial charge on any atom is -0.456 e. The minimum atomic E-state index is -0.695. The van der Waals surface area contributed by atoms with Crippen LogP contribution in [-0.4, -0.2) is 42.2 Å². The van der Waals surface area contributed by atoms with Crippen LogP contribution in [0, 0.1) is 5.82 Å². The zero-order valence-corrected chi connectivity index (χ0v) is 13.6. The van der Waals surface area contributed by atoms with Crippen molar-refractivity contribution in [2.75, 3.05) is 31.6 Å². The van der Waals surface area contributed by atoms with Crippen molar-refractivity contribution < 1.29 is 18.7 Å². The summed E-state index contributed by atoms with van der Waals surface area (Å²) in [7, 11) is 0. The van der Waals surface area contributed by atoms with E-state index in [1.165, 1.54) is 12.3 Å². The van der Waals surface area contributed by atoms with Gasteiger partial charge in [-0.15, -0.1) is 0 Å². The Kier molecular flexibility index (Phi) is 5.42. The molecule has 0 unspecified atom stereocenters. The number of rotatable bonds is 5. The number of anilines is 1. The normalized spacial score (nSPS) is 14.9. The third kappa shape index (κ3) is 4.88. The van der Waals surface area contributed by atoms with E-state index in [2.05, 4.69) is 15.2 Å². The average Bonchev–Trinajstić information content (AvgIpc) is 2.60. The third-order valence-corrected chi connectivity index (χ3v) is 3.75. The molecule has 0 saturated carbocycles. The number of benzene rings is 1. The molecule has 1 aromatic heterocycles. The standard InChI is InChI=1S/C17H19FN4O3/c18-15-9-13(2-1-12(15)11-22-5-7-24-8-6-22)25-14-3-4-16(20-10-14)21-17(19)23/h1-4,9-10H,5-8,11H2,(H3,19,20,21,23). The molecular weight excluding hydrogens is 327 g/mol. The minimum absolute atomic E-state index is 0.312. The lowest BCUT2D eigenvalue weighted by Gasteiger charge is -2.26. The van der Waals surface area contributed by atoms with Crippen molar-refractivity contribution in [1.29, 1.82) is 0 Å². The second-order valence-electron chi connectivity index (χ2n) is 5.61. The number of pyridine rings is 1. The number of aromatic nitrogens is 1. The summed E-state index contributed by atoms with van der Waals surface area (Å²) >= 11 is 0. The Morgan fingerprint density at radius 1 is 1.28 bits per heavy atom. The number of halogens is 1. The molecule has 0 spiro atoms. The molecule has 8 heteroatoms. The molecule has 7 nitrogen and oxygen atoms in total. The summed E-state index contributed by atoms with van der Waals surface area (Å²) in [4.78, 5) is 16.9. The third-order valence-electron chi connectivity index (χ3n) is 3.75. The highest BCUT2D eigenvalue weighted by atomic mass is 19.1. The lowest BCUT2D eigenvalue weighted by Crippen LogP contribution is -2.35. The Bertz CT molecular complexity index is 733. The van der Waals surface area contributed by atoms with E-state index in [1.807, 2.05) is 0 Å². The highest BCUT2D eigenvalue weighted by Crippen LogP contribution is 2.24. The van der Waals surface area contributed by atoms with Crippen LogP contribution >= 0.6 is 0 Å². The number of ether oxygens (including phenoxy) is 2. The highest BCUT2D eigenvalue weighted by molar-refractivity contribution is 5.86. The van der Waals surface area contributed by atoms with Crippen LogP contribution < -0.4 is 15.8 Å². The molecule has 2 heterocycles. The molecule has 1 aliphatic heterocycles. The van der Waals surface area contributed by atoms with Gasteiger partial charge in [-0.3, -0.25) is 10.2 Å². The number of nitrogens with zero attached hydrogens (tertiary/aromatic N) is 2. The van der Waals surface area contributed by atoms with E-state index in [-0.39, 0.29) is 5.82 Å². The molecule has 0 aliphatic carbocycles. The van der Waals surface area contributed by atoms with Crippen LogP contribution in [0.5, 0.6) is 11.5 Å². The first kappa shape index (κ1) is 17.1. The van der Waals surface area contributed by atoms with Gasteiger partial charge in [0.15, 0.2) is 0 Å². The molecule has 2 amide bonds. The number of primary amides is 1. The molecule has 132 valence electrons. The van der Waals surface area contributed by atoms with E-state index in [9.17, 15) is 9.18 Å². The van der Waals surface area contributed by atoms with Crippen LogP contribution in [0.1, 0.15) is 5.56 Å². The highest BCUT2D eigenvalue weighted by Gasteiger charge is 2.13. The van der Waals surface area contributed by atoms with Crippen molar-refractivity contribution in [3.8, 4) is 11.5 Å². The zero-order chi connectivity index (χ0) is 17.6. The maximum Gasteiger partial charge on any atom is 0.317 e. The van der Waals surface area contributed by atoms with Gasteiger partial charge in [0.1, 0.15) is 23.1 Å². The van der Waals surface area contributed by atoms with E-state index in [1.54, 1.807) is 24.3 Å². The van der Waals surface area contributed by atoms with E-state index in [0.717, 1.165) is 13.1 Å². The monoisotopic (exact) mass is 346 g/mol. The van der Waals surface area contributed by atoms with E-state index < -0.39 is 6.03 Å². The first-order chi connectivity index (χ1) is 12.1. The second-order valence-corrected chi connectivity index (χ2v) is 5.61. The summed E-state index contributed by atoms with van der Waals surface area (Å²) in [5.74, 6) is 0.798. The lowest BCUT2D eigenvalue weighted by molar-refractivity contribution is 0.0337. The zero-order valence-electron chi connectivity index (χ0n) is 13.6. The predicted molar refractivity (Wildman–Crippen MR) is 90.0 cm³/mol. The molecule has 0 bridgehead atoms. The van der Waals surface area contributed by atoms with Crippen molar-refractivity contribution in [3.63, 3.8) is 0 Å². The van der Waals surface area contributed by atoms with Crippen LogP contribution in [0.4, 0.5) is 15.0 Å². The van der Waals surface area contributed by atoms with Crippen molar-refractivity contribution >= 4 is 11.8 Å². The fraction of sp³-hybridized carbons (Fsp3) is 0.294. The van der Waals surface area contributed by atoms with E-state index in [0.29, 0.717) is 42.6 Å². The molecule has 3 N–H and O–H groups in total. The first-order valence-corrected chi connectivity index (χ1v) is 7.89. The van der Waals surface area contributed by atoms with E-state index in [4.69, 9.17) is 15.2 Å². The lowest BCUT2D eigenvalue weighted by atomic mass is 10.2. The second kappa shape index (κ2) is 7.91. The quantitative estimate of drug-likeness (QED) is 0.867. The molecule has 0 atom stereocenters. The summed E-state index contributed by atoms with van der Waals surface area (Å²) in [5, 5.41) is 2.35. The van der Waals surface area contributed by atoms with Gasteiger partial charge in [0.25, 0.3) is 0 Å². The molecule has 1 fully saturated rings. The number of carbonyl (C=O) groups excluding carboxylic acids is 1. The van der Waals surface area contributed by atoms with Crippen LogP contribution in [0.15, 0.2) is 36.5 Å². The topological polar surface area (TPSA) is 89.7 Å². The van der Waals surface area contributed by atoms with Gasteiger partial charge in [-0.2, -0.15) is 0 Å². The van der Waals surface area contributed by atoms with Crippen LogP contribution in [-0.2, 0) is 11.3 Å². The van der Waals surface area contributed by atoms with E-state index >= 15 is 0 Å². The average molecular weight is 346 g/mol. The number of urea groups is 1. The fourth-order valence-corrected chi connectivity index (χ4v) is 2.50. The number of carbonyl (C=O) groups is 1. The maximum absolute atomic E-state index is 14.3. The number of hydrogen-bond donors (Lipinski definition) is 2. The summed E-state index contributed by atoms with van der Waals surface area (Å²) in [6.07, 6.45) is 1.42. The molecule has 2 aromatic rings. The number of morpholine rings is 1. The van der Waals surface area contributed by atoms with Gasteiger partial charge in [-0.1, -0.05) is 6.07 Å². The molecule has 1 saturated heterocycles. The first-order valence-electron chi connectivity index (χ1n) is 7.89. The molecule has 1 aliphatic rings. The van der Waals surface area contributed by atoms with Gasteiger partial charge in [-0.05, 0) is 18.2 Å². The van der Waals surface area contributed by atoms with Crippen LogP contribution in [0.2, 0.25) is 0 Å². The largest absolute Gasteiger partial charge is 0.456 e. The SMILES string of the molecule is NC(=O)Nc1ccc(Oc2ccc(CN3CCOCC3)c(F)c2)cn1. The Morgan fingerprint density at radius 3 is 2.68 bits per heavy atom. The van der Waals surface area contributed by atoms with Crippen molar-refractivity contribution in [2.24, 2.45) is 5.73 Å². The summed E-state index contributed by atoms with van der Waals surface area (Å²) in [6.45, 7) is 3.50. The van der Waals surface area contributed by atoms with Gasteiger partial charge in [0.2, 0.25) is 0 Å². The predicted octanol–water partition coefficient (Wildman–Crippen LogP) is 2.34. The molecule has 3 rings (SSSR count). The summed E-state index contributed by atoms with van der Waals surface area (Å²) < 4.78 is 25.2. The van der Waals surface area contributed by atoms with Crippen molar-refractivity contribution in [3.05, 3.63) is 47.9 Å². The van der Waals surface area contributed by atoms with Gasteiger partial charge >= 0.3 is 6.03 Å². The van der Waals surface area contributed by atoms with Gasteiger partial charge in [-0.25, -0.2) is 14.2 Å². The number of amides is 2. The Morgan fingerprint density at radius 2 is 2.04 bits per heavy atom. The van der Waals surface area contributed by atoms with Crippen LogP contribution in [0.25, 0.3) is 0 Å². The Hall–Kier alpha value is -2.71. The van der Waals surface area contributed by atoms with Crippen LogP contribution in [0.3, 0.4) is 0 Å². The number of nitrogens with one attached hydrogen (secondary N) is 1. The number of hydrogen-bond acceptors (Lipinski definition) is 5. The summed E-state index contributed by atoms with van der Waals surface area (Å²) in [6, 6.07) is 7.25. The van der Waals surface area contributed by atoms with Gasteiger partial charge < -0.3 is 15.2 Å². The maximum atomic E-state index is 14.3. The van der Waals surface area contributed by atoms with Crippen molar-refractivity contribution in [2.45, 2.75) is 6.54 Å². The molecule has 0 radical (unpaired) electrons. The fourth-order valence-electron chi connectivity index (χ4n) is 2.50. The molecular formula is C17H19FN4O3. The smallest absolute Gasteiger partial charge is 0.317 e. The Labute approximate surface area is 144 Å². The Balaban J connectivity index is 1.63. The summed E-state index contributed by atoms with van der Waals surface area (Å²) in [5.41, 5.74) is 5.63.